The van der Waals surface area contributed by atoms with Gasteiger partial charge < -0.3 is 9.64 Å². The van der Waals surface area contributed by atoms with Gasteiger partial charge in [0.15, 0.2) is 12.4 Å². The average Bonchev–Trinajstić information content (AvgIpc) is 3.18. The van der Waals surface area contributed by atoms with E-state index >= 15 is 0 Å². The number of rotatable bonds is 7. The first-order valence-electron chi connectivity index (χ1n) is 11.8. The number of hydrogen-bond acceptors (Lipinski definition) is 6. The van der Waals surface area contributed by atoms with Gasteiger partial charge in [-0.25, -0.2) is 4.79 Å². The van der Waals surface area contributed by atoms with Gasteiger partial charge in [-0.1, -0.05) is 45.9 Å². The summed E-state index contributed by atoms with van der Waals surface area (Å²) in [4.78, 5) is 53.8. The number of likely N-dealkylation sites (N-methyl/N-ethyl adjacent to an activating group) is 1. The summed E-state index contributed by atoms with van der Waals surface area (Å²) in [7, 11) is 1.91. The molecule has 0 unspecified atom stereocenters. The Hall–Kier alpha value is -3.74. The summed E-state index contributed by atoms with van der Waals surface area (Å²) < 4.78 is 5.25. The van der Waals surface area contributed by atoms with Crippen LogP contribution in [0.15, 0.2) is 54.2 Å². The van der Waals surface area contributed by atoms with Gasteiger partial charge in [-0.2, -0.15) is 0 Å². The summed E-state index contributed by atoms with van der Waals surface area (Å²) in [6, 6.07) is 12.3. The van der Waals surface area contributed by atoms with Crippen LogP contribution in [-0.4, -0.2) is 48.7 Å². The van der Waals surface area contributed by atoms with Crippen molar-refractivity contribution < 1.29 is 23.9 Å². The van der Waals surface area contributed by atoms with Crippen molar-refractivity contribution in [2.45, 2.75) is 39.5 Å². The highest BCUT2D eigenvalue weighted by molar-refractivity contribution is 6.22. The van der Waals surface area contributed by atoms with Gasteiger partial charge in [-0.3, -0.25) is 19.3 Å². The van der Waals surface area contributed by atoms with Crippen LogP contribution in [0.2, 0.25) is 0 Å². The molecule has 7 nitrogen and oxygen atoms in total. The molecule has 2 heterocycles. The third-order valence-corrected chi connectivity index (χ3v) is 6.72. The molecule has 0 atom stereocenters. The van der Waals surface area contributed by atoms with E-state index in [1.807, 2.05) is 63.9 Å². The standard InChI is InChI=1S/C28H30N2O5/c1-17(2)12-13-30-25(32)20-11-10-18(14-21(20)26(30)33)27(34)35-16-19(31)15-24-28(3,4)22-8-6-7-9-23(22)29(24)5/h6-11,14-15,17H,12-13,16H2,1-5H3. The number of hydrogen-bond donors (Lipinski definition) is 0. The first-order chi connectivity index (χ1) is 16.5. The minimum atomic E-state index is -0.720. The molecule has 0 fully saturated rings. The maximum atomic E-state index is 12.7. The van der Waals surface area contributed by atoms with Crippen LogP contribution in [0.4, 0.5) is 5.69 Å². The molecule has 182 valence electrons. The van der Waals surface area contributed by atoms with Crippen molar-refractivity contribution in [3.63, 3.8) is 0 Å². The van der Waals surface area contributed by atoms with Crippen LogP contribution in [0, 0.1) is 5.92 Å². The lowest BCUT2D eigenvalue weighted by Crippen LogP contribution is -2.31. The first kappa shape index (κ1) is 24.4. The number of allylic oxidation sites excluding steroid dienone is 1. The Morgan fingerprint density at radius 1 is 1.03 bits per heavy atom. The van der Waals surface area contributed by atoms with Crippen LogP contribution in [0.25, 0.3) is 0 Å². The van der Waals surface area contributed by atoms with E-state index in [1.54, 1.807) is 0 Å². The summed E-state index contributed by atoms with van der Waals surface area (Å²) in [6.07, 6.45) is 2.22. The molecule has 35 heavy (non-hydrogen) atoms. The lowest BCUT2D eigenvalue weighted by molar-refractivity contribution is -0.117. The molecule has 0 spiro atoms. The van der Waals surface area contributed by atoms with Crippen molar-refractivity contribution in [1.29, 1.82) is 0 Å². The molecule has 0 N–H and O–H groups in total. The summed E-state index contributed by atoms with van der Waals surface area (Å²) in [6.45, 7) is 8.05. The molecule has 2 aromatic carbocycles. The number of carbonyl (C=O) groups is 4. The quantitative estimate of drug-likeness (QED) is 0.337. The molecule has 0 bridgehead atoms. The Morgan fingerprint density at radius 2 is 1.71 bits per heavy atom. The SMILES string of the molecule is CC(C)CCN1C(=O)c2ccc(C(=O)OCC(=O)C=C3N(C)c4ccccc4C3(C)C)cc2C1=O. The third-order valence-electron chi connectivity index (χ3n) is 6.72. The molecule has 2 aromatic rings. The van der Waals surface area contributed by atoms with Crippen LogP contribution in [0.3, 0.4) is 0 Å². The molecule has 0 saturated carbocycles. The van der Waals surface area contributed by atoms with Gasteiger partial charge in [-0.05, 0) is 42.2 Å². The predicted octanol–water partition coefficient (Wildman–Crippen LogP) is 4.37. The second kappa shape index (κ2) is 9.13. The number of esters is 1. The van der Waals surface area contributed by atoms with Crippen LogP contribution in [0.1, 0.15) is 70.8 Å². The highest BCUT2D eigenvalue weighted by Gasteiger charge is 2.39. The third kappa shape index (κ3) is 4.38. The van der Waals surface area contributed by atoms with Crippen molar-refractivity contribution in [3.8, 4) is 0 Å². The van der Waals surface area contributed by atoms with Gasteiger partial charge in [0.2, 0.25) is 0 Å². The van der Waals surface area contributed by atoms with Gasteiger partial charge in [0, 0.05) is 36.5 Å². The van der Waals surface area contributed by atoms with E-state index in [-0.39, 0.29) is 33.8 Å². The molecule has 0 saturated heterocycles. The van der Waals surface area contributed by atoms with Crippen molar-refractivity contribution in [3.05, 3.63) is 76.5 Å². The Labute approximate surface area is 205 Å². The number of imide groups is 1. The summed E-state index contributed by atoms with van der Waals surface area (Å²) in [5.41, 5.74) is 3.21. The first-order valence-corrected chi connectivity index (χ1v) is 11.8. The normalized spacial score (nSPS) is 17.3. The number of ether oxygens (including phenoxy) is 1. The van der Waals surface area contributed by atoms with E-state index in [2.05, 4.69) is 0 Å². The second-order valence-electron chi connectivity index (χ2n) is 9.98. The zero-order chi connectivity index (χ0) is 25.5. The van der Waals surface area contributed by atoms with E-state index in [4.69, 9.17) is 4.74 Å². The molecule has 0 radical (unpaired) electrons. The molecule has 0 aliphatic carbocycles. The Morgan fingerprint density at radius 3 is 2.40 bits per heavy atom. The summed E-state index contributed by atoms with van der Waals surface area (Å²) in [5, 5.41) is 0. The Balaban J connectivity index is 1.44. The van der Waals surface area contributed by atoms with Gasteiger partial charge in [-0.15, -0.1) is 0 Å². The number of amides is 2. The maximum Gasteiger partial charge on any atom is 0.338 e. The number of nitrogens with zero attached hydrogens (tertiary/aromatic N) is 2. The highest BCUT2D eigenvalue weighted by atomic mass is 16.5. The predicted molar refractivity (Wildman–Crippen MR) is 133 cm³/mol. The van der Waals surface area contributed by atoms with Crippen LogP contribution < -0.4 is 4.90 Å². The lowest BCUT2D eigenvalue weighted by atomic mass is 9.83. The molecular formula is C28H30N2O5. The van der Waals surface area contributed by atoms with Crippen LogP contribution >= 0.6 is 0 Å². The van der Waals surface area contributed by atoms with Crippen molar-refractivity contribution in [2.24, 2.45) is 5.92 Å². The largest absolute Gasteiger partial charge is 0.454 e. The average molecular weight is 475 g/mol. The zero-order valence-corrected chi connectivity index (χ0v) is 20.8. The molecular weight excluding hydrogens is 444 g/mol. The Kier molecular flexibility index (Phi) is 6.36. The number of benzene rings is 2. The van der Waals surface area contributed by atoms with Gasteiger partial charge in [0.25, 0.3) is 11.8 Å². The lowest BCUT2D eigenvalue weighted by Gasteiger charge is -2.23. The van der Waals surface area contributed by atoms with E-state index in [0.717, 1.165) is 16.9 Å². The van der Waals surface area contributed by atoms with E-state index in [1.165, 1.54) is 29.2 Å². The van der Waals surface area contributed by atoms with Crippen molar-refractivity contribution >= 4 is 29.3 Å². The number of para-hydroxylation sites is 1. The molecule has 2 aliphatic heterocycles. The molecule has 2 amide bonds. The maximum absolute atomic E-state index is 12.7. The fraction of sp³-hybridized carbons (Fsp3) is 0.357. The monoisotopic (exact) mass is 474 g/mol. The van der Waals surface area contributed by atoms with E-state index < -0.39 is 18.5 Å². The second-order valence-corrected chi connectivity index (χ2v) is 9.98. The Bertz CT molecular complexity index is 1260. The number of carbonyl (C=O) groups excluding carboxylic acids is 4. The number of anilines is 1. The molecule has 2 aliphatic rings. The number of ketones is 1. The minimum absolute atomic E-state index is 0.127. The van der Waals surface area contributed by atoms with Gasteiger partial charge in [0.1, 0.15) is 0 Å². The smallest absolute Gasteiger partial charge is 0.338 e. The fourth-order valence-corrected chi connectivity index (χ4v) is 4.68. The van der Waals surface area contributed by atoms with Gasteiger partial charge in [0.05, 0.1) is 16.7 Å². The summed E-state index contributed by atoms with van der Waals surface area (Å²) >= 11 is 0. The fourth-order valence-electron chi connectivity index (χ4n) is 4.68. The number of fused-ring (bicyclic) bond motifs is 2. The minimum Gasteiger partial charge on any atom is -0.454 e. The van der Waals surface area contributed by atoms with Crippen molar-refractivity contribution in [2.75, 3.05) is 25.1 Å². The van der Waals surface area contributed by atoms with E-state index in [9.17, 15) is 19.2 Å². The van der Waals surface area contributed by atoms with Crippen LogP contribution in [-0.2, 0) is 14.9 Å². The zero-order valence-electron chi connectivity index (χ0n) is 20.8. The molecule has 7 heteroatoms. The van der Waals surface area contributed by atoms with Gasteiger partial charge >= 0.3 is 5.97 Å². The van der Waals surface area contributed by atoms with Crippen LogP contribution in [0.5, 0.6) is 0 Å². The molecule has 4 rings (SSSR count). The van der Waals surface area contributed by atoms with Crippen molar-refractivity contribution in [1.82, 2.24) is 4.90 Å². The van der Waals surface area contributed by atoms with E-state index in [0.29, 0.717) is 18.9 Å². The highest BCUT2D eigenvalue weighted by Crippen LogP contribution is 2.46. The topological polar surface area (TPSA) is 84.0 Å². The molecule has 0 aromatic heterocycles. The summed E-state index contributed by atoms with van der Waals surface area (Å²) in [5.74, 6) is -1.47.